The second kappa shape index (κ2) is 2.77. The quantitative estimate of drug-likeness (QED) is 0.525. The summed E-state index contributed by atoms with van der Waals surface area (Å²) in [5.41, 5.74) is -0.773. The summed E-state index contributed by atoms with van der Waals surface area (Å²) in [5, 5.41) is 0. The van der Waals surface area contributed by atoms with Gasteiger partial charge in [0.05, 0.1) is 0 Å². The van der Waals surface area contributed by atoms with E-state index >= 15 is 0 Å². The molecule has 64 valence electrons. The molecular weight excluding hydrogens is 158 g/mol. The summed E-state index contributed by atoms with van der Waals surface area (Å²) in [4.78, 5) is 25.8. The molecule has 1 heterocycles. The Balaban J connectivity index is 3.73. The Morgan fingerprint density at radius 1 is 1.33 bits per heavy atom. The van der Waals surface area contributed by atoms with Gasteiger partial charge in [-0.05, 0) is 6.72 Å². The van der Waals surface area contributed by atoms with Gasteiger partial charge in [-0.2, -0.15) is 0 Å². The van der Waals surface area contributed by atoms with Crippen LogP contribution in [-0.2, 0) is 14.1 Å². The molecule has 0 fully saturated rings. The van der Waals surface area contributed by atoms with Crippen LogP contribution in [0.3, 0.4) is 0 Å². The summed E-state index contributed by atoms with van der Waals surface area (Å²) >= 11 is 0. The van der Waals surface area contributed by atoms with Crippen molar-refractivity contribution in [2.45, 2.75) is 0 Å². The van der Waals surface area contributed by atoms with Gasteiger partial charge in [0.1, 0.15) is 5.82 Å². The summed E-state index contributed by atoms with van der Waals surface area (Å²) in [6, 6.07) is 1.26. The van der Waals surface area contributed by atoms with Gasteiger partial charge >= 0.3 is 5.69 Å². The number of rotatable bonds is 1. The molecule has 0 saturated heterocycles. The molecule has 0 radical (unpaired) electrons. The molecule has 5 heteroatoms. The van der Waals surface area contributed by atoms with Gasteiger partial charge in [0.15, 0.2) is 0 Å². The first kappa shape index (κ1) is 8.45. The Kier molecular flexibility index (Phi) is 1.95. The molecule has 0 atom stereocenters. The van der Waals surface area contributed by atoms with Gasteiger partial charge in [0.25, 0.3) is 5.56 Å². The lowest BCUT2D eigenvalue weighted by Gasteiger charge is -2.03. The van der Waals surface area contributed by atoms with Crippen LogP contribution in [0.25, 0.3) is 0 Å². The van der Waals surface area contributed by atoms with Crippen LogP contribution in [0.2, 0.25) is 0 Å². The fourth-order valence-electron chi connectivity index (χ4n) is 0.873. The highest BCUT2D eigenvalue weighted by molar-refractivity contribution is 5.38. The minimum absolute atomic E-state index is 0.281. The van der Waals surface area contributed by atoms with E-state index in [1.165, 1.54) is 24.7 Å². The summed E-state index contributed by atoms with van der Waals surface area (Å²) < 4.78 is 2.27. The molecule has 0 aliphatic heterocycles. The average Bonchev–Trinajstić information content (AvgIpc) is 2.08. The summed E-state index contributed by atoms with van der Waals surface area (Å²) in [6.45, 7) is 3.25. The number of nitrogens with zero attached hydrogens (tertiary/aromatic N) is 3. The molecule has 0 aliphatic carbocycles. The standard InChI is InChI=1S/C7H9N3O2/c1-8-5-4-6(11)10(3)7(12)9(5)2/h4H,1H2,2-3H3. The highest BCUT2D eigenvalue weighted by Crippen LogP contribution is 2.00. The van der Waals surface area contributed by atoms with Crippen LogP contribution in [0.5, 0.6) is 0 Å². The van der Waals surface area contributed by atoms with Crippen molar-refractivity contribution in [1.29, 1.82) is 0 Å². The van der Waals surface area contributed by atoms with Crippen molar-refractivity contribution in [3.05, 3.63) is 26.9 Å². The van der Waals surface area contributed by atoms with Crippen LogP contribution in [-0.4, -0.2) is 15.9 Å². The predicted molar refractivity (Wildman–Crippen MR) is 46.1 cm³/mol. The number of hydrogen-bond donors (Lipinski definition) is 0. The Morgan fingerprint density at radius 3 is 2.42 bits per heavy atom. The molecule has 0 bridgehead atoms. The Morgan fingerprint density at radius 2 is 1.92 bits per heavy atom. The Bertz CT molecular complexity index is 427. The van der Waals surface area contributed by atoms with Crippen LogP contribution < -0.4 is 11.2 Å². The van der Waals surface area contributed by atoms with Gasteiger partial charge in [-0.25, -0.2) is 9.79 Å². The molecule has 1 aromatic heterocycles. The van der Waals surface area contributed by atoms with Crippen LogP contribution in [0.1, 0.15) is 0 Å². The first-order chi connectivity index (χ1) is 5.57. The zero-order valence-corrected chi connectivity index (χ0v) is 6.94. The maximum atomic E-state index is 11.2. The van der Waals surface area contributed by atoms with Gasteiger partial charge < -0.3 is 0 Å². The van der Waals surface area contributed by atoms with E-state index in [1.807, 2.05) is 0 Å². The highest BCUT2D eigenvalue weighted by atomic mass is 16.2. The normalized spacial score (nSPS) is 9.83. The van der Waals surface area contributed by atoms with Crippen molar-refractivity contribution in [3.63, 3.8) is 0 Å². The van der Waals surface area contributed by atoms with Crippen molar-refractivity contribution in [1.82, 2.24) is 9.13 Å². The third kappa shape index (κ3) is 1.09. The molecule has 0 aromatic carbocycles. The molecule has 0 unspecified atom stereocenters. The van der Waals surface area contributed by atoms with Crippen molar-refractivity contribution in [2.24, 2.45) is 19.1 Å². The van der Waals surface area contributed by atoms with E-state index < -0.39 is 5.69 Å². The van der Waals surface area contributed by atoms with Gasteiger partial charge in [-0.3, -0.25) is 13.9 Å². The first-order valence-corrected chi connectivity index (χ1v) is 3.31. The summed E-state index contributed by atoms with van der Waals surface area (Å²) in [6.07, 6.45) is 0. The van der Waals surface area contributed by atoms with E-state index in [4.69, 9.17) is 0 Å². The minimum Gasteiger partial charge on any atom is -0.281 e. The maximum absolute atomic E-state index is 11.2. The molecule has 0 saturated carbocycles. The number of aromatic nitrogens is 2. The minimum atomic E-state index is -0.398. The van der Waals surface area contributed by atoms with Gasteiger partial charge in [0, 0.05) is 20.2 Å². The van der Waals surface area contributed by atoms with Crippen molar-refractivity contribution in [3.8, 4) is 0 Å². The monoisotopic (exact) mass is 167 g/mol. The lowest BCUT2D eigenvalue weighted by atomic mass is 10.5. The predicted octanol–water partition coefficient (Wildman–Crippen LogP) is -0.584. The topological polar surface area (TPSA) is 56.4 Å². The number of aliphatic imine (C=N–C) groups is 1. The molecular formula is C7H9N3O2. The highest BCUT2D eigenvalue weighted by Gasteiger charge is 2.02. The van der Waals surface area contributed by atoms with Crippen LogP contribution in [0, 0.1) is 0 Å². The zero-order valence-electron chi connectivity index (χ0n) is 6.94. The molecule has 1 rings (SSSR count). The summed E-state index contributed by atoms with van der Waals surface area (Å²) in [7, 11) is 2.95. The van der Waals surface area contributed by atoms with Crippen LogP contribution >= 0.6 is 0 Å². The second-order valence-electron chi connectivity index (χ2n) is 2.40. The first-order valence-electron chi connectivity index (χ1n) is 3.31. The van der Waals surface area contributed by atoms with Gasteiger partial charge in [0.2, 0.25) is 0 Å². The molecule has 5 nitrogen and oxygen atoms in total. The molecule has 0 N–H and O–H groups in total. The van der Waals surface area contributed by atoms with Gasteiger partial charge in [-0.15, -0.1) is 0 Å². The third-order valence-corrected chi connectivity index (χ3v) is 1.66. The smallest absolute Gasteiger partial charge is 0.281 e. The van der Waals surface area contributed by atoms with Crippen LogP contribution in [0.15, 0.2) is 20.6 Å². The molecule has 0 spiro atoms. The van der Waals surface area contributed by atoms with E-state index in [9.17, 15) is 9.59 Å². The van der Waals surface area contributed by atoms with Crippen molar-refractivity contribution >= 4 is 12.5 Å². The lowest BCUT2D eigenvalue weighted by Crippen LogP contribution is -2.35. The van der Waals surface area contributed by atoms with E-state index in [2.05, 4.69) is 11.7 Å². The zero-order chi connectivity index (χ0) is 9.30. The second-order valence-corrected chi connectivity index (χ2v) is 2.40. The number of hydrogen-bond acceptors (Lipinski definition) is 3. The molecule has 0 aliphatic rings. The SMILES string of the molecule is C=Nc1cc(=O)n(C)c(=O)n1C. The summed E-state index contributed by atoms with van der Waals surface area (Å²) in [5.74, 6) is 0.281. The largest absolute Gasteiger partial charge is 0.332 e. The van der Waals surface area contributed by atoms with Crippen molar-refractivity contribution < 1.29 is 0 Å². The maximum Gasteiger partial charge on any atom is 0.332 e. The lowest BCUT2D eigenvalue weighted by molar-refractivity contribution is 0.689. The fraction of sp³-hybridized carbons (Fsp3) is 0.286. The van der Waals surface area contributed by atoms with E-state index in [-0.39, 0.29) is 11.4 Å². The average molecular weight is 167 g/mol. The molecule has 12 heavy (non-hydrogen) atoms. The third-order valence-electron chi connectivity index (χ3n) is 1.66. The Labute approximate surface area is 68.6 Å². The Hall–Kier alpha value is -1.65. The van der Waals surface area contributed by atoms with E-state index in [0.717, 1.165) is 4.57 Å². The van der Waals surface area contributed by atoms with E-state index in [0.29, 0.717) is 0 Å². The fourth-order valence-corrected chi connectivity index (χ4v) is 0.873. The van der Waals surface area contributed by atoms with Crippen molar-refractivity contribution in [2.75, 3.05) is 0 Å². The molecule has 1 aromatic rings. The van der Waals surface area contributed by atoms with Gasteiger partial charge in [-0.1, -0.05) is 0 Å². The molecule has 0 amide bonds. The van der Waals surface area contributed by atoms with Crippen LogP contribution in [0.4, 0.5) is 5.82 Å². The van der Waals surface area contributed by atoms with E-state index in [1.54, 1.807) is 0 Å².